The Labute approximate surface area is 142 Å². The largest absolute Gasteiger partial charge is 0.489 e. The molecule has 0 spiro atoms. The van der Waals surface area contributed by atoms with Crippen LogP contribution in [0.4, 0.5) is 10.3 Å². The second-order valence-electron chi connectivity index (χ2n) is 5.00. The first-order valence-corrected chi connectivity index (χ1v) is 7.38. The maximum Gasteiger partial charge on any atom is 0.271 e. The van der Waals surface area contributed by atoms with Crippen molar-refractivity contribution in [1.82, 2.24) is 15.2 Å². The van der Waals surface area contributed by atoms with Gasteiger partial charge in [-0.3, -0.25) is 9.78 Å². The summed E-state index contributed by atoms with van der Waals surface area (Å²) in [5.41, 5.74) is 3.50. The predicted molar refractivity (Wildman–Crippen MR) is 91.0 cm³/mol. The lowest BCUT2D eigenvalue weighted by Crippen LogP contribution is -2.10. The zero-order valence-corrected chi connectivity index (χ0v) is 13.0. The predicted octanol–water partition coefficient (Wildman–Crippen LogP) is 2.33. The number of anilines is 1. The molecule has 0 saturated heterocycles. The van der Waals surface area contributed by atoms with Crippen molar-refractivity contribution in [3.05, 3.63) is 82.0 Å². The van der Waals surface area contributed by atoms with Crippen LogP contribution in [0.1, 0.15) is 11.1 Å². The van der Waals surface area contributed by atoms with Crippen molar-refractivity contribution < 1.29 is 9.13 Å². The molecule has 0 aliphatic rings. The number of benzene rings is 2. The van der Waals surface area contributed by atoms with Crippen molar-refractivity contribution in [3.63, 3.8) is 0 Å². The summed E-state index contributed by atoms with van der Waals surface area (Å²) in [7, 11) is 0. The Bertz CT molecular complexity index is 925. The number of nitrogens with one attached hydrogen (secondary N) is 2. The van der Waals surface area contributed by atoms with E-state index in [0.717, 1.165) is 11.8 Å². The minimum absolute atomic E-state index is 0.147. The molecule has 0 unspecified atom stereocenters. The molecule has 1 aromatic heterocycles. The number of aromatic amines is 1. The minimum atomic E-state index is -0.371. The number of aromatic nitrogens is 3. The number of hydrogen-bond donors (Lipinski definition) is 2. The molecule has 0 aliphatic heterocycles. The molecule has 3 aromatic rings. The monoisotopic (exact) mass is 339 g/mol. The van der Waals surface area contributed by atoms with E-state index in [-0.39, 0.29) is 23.9 Å². The third-order valence-electron chi connectivity index (χ3n) is 3.19. The second kappa shape index (κ2) is 7.82. The third-order valence-corrected chi connectivity index (χ3v) is 3.19. The van der Waals surface area contributed by atoms with Crippen LogP contribution in [0, 0.1) is 5.82 Å². The highest BCUT2D eigenvalue weighted by molar-refractivity contribution is 5.80. The van der Waals surface area contributed by atoms with Gasteiger partial charge >= 0.3 is 0 Å². The molecule has 8 heteroatoms. The molecule has 3 rings (SSSR count). The Balaban J connectivity index is 1.56. The average molecular weight is 339 g/mol. The summed E-state index contributed by atoms with van der Waals surface area (Å²) in [5, 5.41) is 11.1. The van der Waals surface area contributed by atoms with Crippen molar-refractivity contribution in [2.45, 2.75) is 6.61 Å². The van der Waals surface area contributed by atoms with Gasteiger partial charge in [0.25, 0.3) is 5.56 Å². The summed E-state index contributed by atoms with van der Waals surface area (Å²) >= 11 is 0. The number of ether oxygens (including phenoxy) is 1. The van der Waals surface area contributed by atoms with Crippen molar-refractivity contribution in [2.24, 2.45) is 5.10 Å². The van der Waals surface area contributed by atoms with Gasteiger partial charge in [0.1, 0.15) is 24.4 Å². The molecule has 0 saturated carbocycles. The fourth-order valence-electron chi connectivity index (χ4n) is 1.96. The summed E-state index contributed by atoms with van der Waals surface area (Å²) in [5.74, 6) is 0.472. The molecule has 0 bridgehead atoms. The van der Waals surface area contributed by atoms with E-state index in [1.807, 2.05) is 0 Å². The van der Waals surface area contributed by atoms with Crippen LogP contribution in [-0.4, -0.2) is 21.4 Å². The van der Waals surface area contributed by atoms with E-state index in [1.165, 1.54) is 6.07 Å². The van der Waals surface area contributed by atoms with E-state index in [0.29, 0.717) is 11.3 Å². The number of nitrogens with zero attached hydrogens (tertiary/aromatic N) is 3. The van der Waals surface area contributed by atoms with E-state index in [9.17, 15) is 9.18 Å². The van der Waals surface area contributed by atoms with Crippen molar-refractivity contribution in [3.8, 4) is 5.75 Å². The first-order valence-electron chi connectivity index (χ1n) is 7.38. The Morgan fingerprint density at radius 1 is 1.20 bits per heavy atom. The van der Waals surface area contributed by atoms with Gasteiger partial charge < -0.3 is 4.74 Å². The summed E-state index contributed by atoms with van der Waals surface area (Å²) < 4.78 is 19.1. The van der Waals surface area contributed by atoms with Crippen LogP contribution in [0.3, 0.4) is 0 Å². The molecule has 0 atom stereocenters. The van der Waals surface area contributed by atoms with Gasteiger partial charge in [0.2, 0.25) is 5.95 Å². The summed E-state index contributed by atoms with van der Waals surface area (Å²) in [6.07, 6.45) is 2.61. The number of halogens is 1. The number of rotatable bonds is 6. The number of hydrogen-bond acceptors (Lipinski definition) is 6. The van der Waals surface area contributed by atoms with E-state index < -0.39 is 0 Å². The minimum Gasteiger partial charge on any atom is -0.489 e. The molecule has 7 nitrogen and oxygen atoms in total. The second-order valence-corrected chi connectivity index (χ2v) is 5.00. The van der Waals surface area contributed by atoms with E-state index >= 15 is 0 Å². The zero-order chi connectivity index (χ0) is 17.5. The van der Waals surface area contributed by atoms with Gasteiger partial charge in [0.05, 0.1) is 6.21 Å². The molecule has 2 N–H and O–H groups in total. The van der Waals surface area contributed by atoms with Gasteiger partial charge in [-0.25, -0.2) is 9.82 Å². The SMILES string of the molecule is O=c1cnnc(N/N=C/c2ccc(OCc3ccccc3F)cc2)[nH]1. The van der Waals surface area contributed by atoms with Crippen LogP contribution in [0.15, 0.2) is 64.6 Å². The molecular formula is C17H14FN5O2. The van der Waals surface area contributed by atoms with Gasteiger partial charge in [-0.1, -0.05) is 18.2 Å². The maximum absolute atomic E-state index is 13.5. The van der Waals surface area contributed by atoms with Gasteiger partial charge in [-0.15, -0.1) is 10.2 Å². The first-order chi connectivity index (χ1) is 12.2. The summed E-state index contributed by atoms with van der Waals surface area (Å²) in [4.78, 5) is 13.5. The van der Waals surface area contributed by atoms with Gasteiger partial charge in [-0.05, 0) is 35.9 Å². The standard InChI is InChI=1S/C17H14FN5O2/c18-15-4-2-1-3-13(15)11-25-14-7-5-12(6-8-14)9-19-22-17-21-16(24)10-20-23-17/h1-10H,11H2,(H2,21,22,23,24)/b19-9+. The Kier molecular flexibility index (Phi) is 5.10. The Morgan fingerprint density at radius 2 is 2.00 bits per heavy atom. The van der Waals surface area contributed by atoms with E-state index in [1.54, 1.807) is 48.7 Å². The van der Waals surface area contributed by atoms with Crippen LogP contribution in [0.5, 0.6) is 5.75 Å². The van der Waals surface area contributed by atoms with Crippen LogP contribution in [0.2, 0.25) is 0 Å². The molecule has 2 aromatic carbocycles. The molecule has 0 amide bonds. The molecule has 0 aliphatic carbocycles. The van der Waals surface area contributed by atoms with Crippen molar-refractivity contribution in [1.29, 1.82) is 0 Å². The molecule has 126 valence electrons. The summed E-state index contributed by atoms with van der Waals surface area (Å²) in [6, 6.07) is 13.6. The number of hydrazone groups is 1. The fraction of sp³-hybridized carbons (Fsp3) is 0.0588. The van der Waals surface area contributed by atoms with Gasteiger partial charge in [0, 0.05) is 5.56 Å². The van der Waals surface area contributed by atoms with Crippen LogP contribution >= 0.6 is 0 Å². The highest BCUT2D eigenvalue weighted by atomic mass is 19.1. The lowest BCUT2D eigenvalue weighted by atomic mass is 10.2. The van der Waals surface area contributed by atoms with Gasteiger partial charge in [-0.2, -0.15) is 5.10 Å². The zero-order valence-electron chi connectivity index (χ0n) is 13.0. The Morgan fingerprint density at radius 3 is 2.76 bits per heavy atom. The van der Waals surface area contributed by atoms with Crippen molar-refractivity contribution in [2.75, 3.05) is 5.43 Å². The maximum atomic E-state index is 13.5. The van der Waals surface area contributed by atoms with Crippen LogP contribution in [-0.2, 0) is 6.61 Å². The van der Waals surface area contributed by atoms with Crippen LogP contribution in [0.25, 0.3) is 0 Å². The quantitative estimate of drug-likeness (QED) is 0.531. The normalized spacial score (nSPS) is 10.8. The van der Waals surface area contributed by atoms with E-state index in [2.05, 4.69) is 25.7 Å². The van der Waals surface area contributed by atoms with Gasteiger partial charge in [0.15, 0.2) is 0 Å². The summed E-state index contributed by atoms with van der Waals surface area (Å²) in [6.45, 7) is 0.154. The highest BCUT2D eigenvalue weighted by Gasteiger charge is 2.01. The molecule has 1 heterocycles. The smallest absolute Gasteiger partial charge is 0.271 e. The fourth-order valence-corrected chi connectivity index (χ4v) is 1.96. The average Bonchev–Trinajstić information content (AvgIpc) is 2.62. The lowest BCUT2D eigenvalue weighted by molar-refractivity contribution is 0.300. The molecule has 25 heavy (non-hydrogen) atoms. The van der Waals surface area contributed by atoms with E-state index in [4.69, 9.17) is 4.74 Å². The topological polar surface area (TPSA) is 92.3 Å². The molecule has 0 radical (unpaired) electrons. The van der Waals surface area contributed by atoms with Crippen molar-refractivity contribution >= 4 is 12.2 Å². The molecular weight excluding hydrogens is 325 g/mol. The lowest BCUT2D eigenvalue weighted by Gasteiger charge is -2.07. The Hall–Kier alpha value is -3.55. The first kappa shape index (κ1) is 16.3. The third kappa shape index (κ3) is 4.71. The highest BCUT2D eigenvalue weighted by Crippen LogP contribution is 2.15. The van der Waals surface area contributed by atoms with Crippen LogP contribution < -0.4 is 15.7 Å². The number of H-pyrrole nitrogens is 1. The molecule has 0 fully saturated rings.